The topological polar surface area (TPSA) is 64.9 Å². The molecule has 0 saturated heterocycles. The Hall–Kier alpha value is -0.750. The molecule has 4 nitrogen and oxygen atoms in total. The lowest BCUT2D eigenvalue weighted by Crippen LogP contribution is -1.95. The van der Waals surface area contributed by atoms with Crippen LogP contribution in [0.3, 0.4) is 0 Å². The van der Waals surface area contributed by atoms with Crippen LogP contribution in [-0.4, -0.2) is 10.2 Å². The second-order valence-corrected chi connectivity index (χ2v) is 4.90. The molecule has 0 bridgehead atoms. The molecule has 0 saturated carbocycles. The summed E-state index contributed by atoms with van der Waals surface area (Å²) >= 11 is 13.5. The number of halogens is 2. The van der Waals surface area contributed by atoms with E-state index in [1.54, 1.807) is 18.2 Å². The number of rotatable bonds is 4. The number of aromatic nitrogens is 2. The van der Waals surface area contributed by atoms with Gasteiger partial charge in [-0.05, 0) is 17.7 Å². The number of nitrogens with zero attached hydrogens (tertiary/aromatic N) is 2. The van der Waals surface area contributed by atoms with E-state index in [0.29, 0.717) is 26.9 Å². The van der Waals surface area contributed by atoms with Crippen LogP contribution in [0, 0.1) is 0 Å². The average Bonchev–Trinajstić information content (AvgIpc) is 2.76. The molecule has 1 aromatic carbocycles. The molecule has 0 unspecified atom stereocenters. The van der Waals surface area contributed by atoms with Crippen molar-refractivity contribution < 1.29 is 4.42 Å². The minimum absolute atomic E-state index is 0.237. The summed E-state index contributed by atoms with van der Waals surface area (Å²) in [6.45, 7) is 0.237. The Morgan fingerprint density at radius 2 is 1.94 bits per heavy atom. The van der Waals surface area contributed by atoms with E-state index in [1.807, 2.05) is 0 Å². The molecule has 1 heterocycles. The summed E-state index contributed by atoms with van der Waals surface area (Å²) in [5.74, 6) is 0.989. The molecule has 2 rings (SSSR count). The minimum atomic E-state index is 0.237. The normalized spacial score (nSPS) is 10.8. The Balaban J connectivity index is 2.07. The van der Waals surface area contributed by atoms with Crippen LogP contribution < -0.4 is 5.73 Å². The lowest BCUT2D eigenvalue weighted by atomic mass is 10.2. The van der Waals surface area contributed by atoms with Crippen LogP contribution in [0.4, 0.5) is 0 Å². The SMILES string of the molecule is NCc1nnc(SCc2c(Cl)cccc2Cl)o1. The van der Waals surface area contributed by atoms with Crippen LogP contribution in [0.2, 0.25) is 10.0 Å². The van der Waals surface area contributed by atoms with Crippen molar-refractivity contribution in [1.82, 2.24) is 10.2 Å². The summed E-state index contributed by atoms with van der Waals surface area (Å²) in [4.78, 5) is 0. The van der Waals surface area contributed by atoms with Crippen LogP contribution in [0.15, 0.2) is 27.8 Å². The Morgan fingerprint density at radius 1 is 1.24 bits per heavy atom. The molecular formula is C10H9Cl2N3OS. The molecule has 0 aliphatic heterocycles. The van der Waals surface area contributed by atoms with Gasteiger partial charge in [-0.25, -0.2) is 0 Å². The van der Waals surface area contributed by atoms with Gasteiger partial charge in [0.05, 0.1) is 6.54 Å². The minimum Gasteiger partial charge on any atom is -0.415 e. The first-order valence-corrected chi connectivity index (χ1v) is 6.53. The third kappa shape index (κ3) is 3.13. The Labute approximate surface area is 112 Å². The number of hydrogen-bond acceptors (Lipinski definition) is 5. The van der Waals surface area contributed by atoms with Crippen LogP contribution in [0.5, 0.6) is 0 Å². The van der Waals surface area contributed by atoms with Gasteiger partial charge in [0.1, 0.15) is 0 Å². The molecule has 0 aliphatic rings. The van der Waals surface area contributed by atoms with Gasteiger partial charge in [-0.3, -0.25) is 0 Å². The highest BCUT2D eigenvalue weighted by molar-refractivity contribution is 7.98. The molecule has 0 radical (unpaired) electrons. The largest absolute Gasteiger partial charge is 0.415 e. The first-order chi connectivity index (χ1) is 8.20. The second-order valence-electron chi connectivity index (χ2n) is 3.15. The zero-order valence-corrected chi connectivity index (χ0v) is 11.0. The van der Waals surface area contributed by atoms with Crippen LogP contribution in [-0.2, 0) is 12.3 Å². The maximum atomic E-state index is 6.04. The Bertz CT molecular complexity index is 498. The second kappa shape index (κ2) is 5.73. The zero-order chi connectivity index (χ0) is 12.3. The van der Waals surface area contributed by atoms with Crippen LogP contribution in [0.25, 0.3) is 0 Å². The molecule has 17 heavy (non-hydrogen) atoms. The highest BCUT2D eigenvalue weighted by Gasteiger charge is 2.09. The predicted octanol–water partition coefficient (Wildman–Crippen LogP) is 3.13. The van der Waals surface area contributed by atoms with E-state index in [0.717, 1.165) is 5.56 Å². The van der Waals surface area contributed by atoms with Crippen molar-refractivity contribution in [2.75, 3.05) is 0 Å². The highest BCUT2D eigenvalue weighted by atomic mass is 35.5. The zero-order valence-electron chi connectivity index (χ0n) is 8.69. The smallest absolute Gasteiger partial charge is 0.276 e. The van der Waals surface area contributed by atoms with Gasteiger partial charge in [-0.2, -0.15) is 0 Å². The first-order valence-electron chi connectivity index (χ1n) is 4.79. The predicted molar refractivity (Wildman–Crippen MR) is 68.2 cm³/mol. The molecular weight excluding hydrogens is 281 g/mol. The third-order valence-electron chi connectivity index (χ3n) is 2.02. The van der Waals surface area contributed by atoms with Crippen molar-refractivity contribution in [1.29, 1.82) is 0 Å². The van der Waals surface area contributed by atoms with E-state index in [2.05, 4.69) is 10.2 Å². The molecule has 2 aromatic rings. The van der Waals surface area contributed by atoms with Gasteiger partial charge in [0, 0.05) is 15.8 Å². The molecule has 0 aliphatic carbocycles. The van der Waals surface area contributed by atoms with Gasteiger partial charge >= 0.3 is 0 Å². The molecule has 90 valence electrons. The summed E-state index contributed by atoms with van der Waals surface area (Å²) in [7, 11) is 0. The summed E-state index contributed by atoms with van der Waals surface area (Å²) in [6, 6.07) is 5.39. The summed E-state index contributed by atoms with van der Waals surface area (Å²) in [6.07, 6.45) is 0. The van der Waals surface area contributed by atoms with Gasteiger partial charge < -0.3 is 10.2 Å². The molecule has 0 amide bonds. The lowest BCUT2D eigenvalue weighted by Gasteiger charge is -2.03. The molecule has 7 heteroatoms. The number of benzene rings is 1. The Morgan fingerprint density at radius 3 is 2.53 bits per heavy atom. The van der Waals surface area contributed by atoms with Gasteiger partial charge in [0.2, 0.25) is 5.89 Å². The van der Waals surface area contributed by atoms with Gasteiger partial charge in [-0.1, -0.05) is 41.0 Å². The van der Waals surface area contributed by atoms with Crippen molar-refractivity contribution in [3.05, 3.63) is 39.7 Å². The average molecular weight is 290 g/mol. The van der Waals surface area contributed by atoms with Gasteiger partial charge in [-0.15, -0.1) is 10.2 Å². The quantitative estimate of drug-likeness (QED) is 0.876. The fourth-order valence-corrected chi connectivity index (χ4v) is 2.71. The van der Waals surface area contributed by atoms with E-state index in [9.17, 15) is 0 Å². The summed E-state index contributed by atoms with van der Waals surface area (Å²) in [5.41, 5.74) is 6.23. The summed E-state index contributed by atoms with van der Waals surface area (Å²) in [5, 5.41) is 9.32. The van der Waals surface area contributed by atoms with Gasteiger partial charge in [0.25, 0.3) is 5.22 Å². The number of thioether (sulfide) groups is 1. The highest BCUT2D eigenvalue weighted by Crippen LogP contribution is 2.30. The van der Waals surface area contributed by atoms with Crippen molar-refractivity contribution >= 4 is 35.0 Å². The van der Waals surface area contributed by atoms with E-state index in [4.69, 9.17) is 33.4 Å². The maximum Gasteiger partial charge on any atom is 0.276 e. The van der Waals surface area contributed by atoms with Crippen molar-refractivity contribution in [3.8, 4) is 0 Å². The van der Waals surface area contributed by atoms with E-state index >= 15 is 0 Å². The molecule has 2 N–H and O–H groups in total. The van der Waals surface area contributed by atoms with Crippen molar-refractivity contribution in [2.24, 2.45) is 5.73 Å². The van der Waals surface area contributed by atoms with Crippen LogP contribution in [0.1, 0.15) is 11.5 Å². The molecule has 1 aromatic heterocycles. The fraction of sp³-hybridized carbons (Fsp3) is 0.200. The molecule has 0 fully saturated rings. The number of nitrogens with two attached hydrogens (primary N) is 1. The Kier molecular flexibility index (Phi) is 4.28. The standard InChI is InChI=1S/C10H9Cl2N3OS/c11-7-2-1-3-8(12)6(7)5-17-10-15-14-9(4-13)16-10/h1-3H,4-5,13H2. The molecule has 0 atom stereocenters. The van der Waals surface area contributed by atoms with E-state index < -0.39 is 0 Å². The van der Waals surface area contributed by atoms with Crippen LogP contribution >= 0.6 is 35.0 Å². The fourth-order valence-electron chi connectivity index (χ4n) is 1.18. The van der Waals surface area contributed by atoms with Crippen molar-refractivity contribution in [3.63, 3.8) is 0 Å². The van der Waals surface area contributed by atoms with E-state index in [1.165, 1.54) is 11.8 Å². The first kappa shape index (κ1) is 12.7. The van der Waals surface area contributed by atoms with Gasteiger partial charge in [0.15, 0.2) is 0 Å². The van der Waals surface area contributed by atoms with E-state index in [-0.39, 0.29) is 6.54 Å². The maximum absolute atomic E-state index is 6.04. The lowest BCUT2D eigenvalue weighted by molar-refractivity contribution is 0.415. The monoisotopic (exact) mass is 289 g/mol. The third-order valence-corrected chi connectivity index (χ3v) is 3.58. The molecule has 0 spiro atoms. The number of hydrogen-bond donors (Lipinski definition) is 1. The van der Waals surface area contributed by atoms with Crippen molar-refractivity contribution in [2.45, 2.75) is 17.5 Å². The summed E-state index contributed by atoms with van der Waals surface area (Å²) < 4.78 is 5.26.